The SMILES string of the molecule is COc1cc(OCc2ccccc2)c(OC)cc1/C=C/C(=O)c1c(OC(C)=O)cc2c(c1OCc1ccccc1)CCC(C)(C)O2. The highest BCUT2D eigenvalue weighted by Crippen LogP contribution is 2.46. The van der Waals surface area contributed by atoms with E-state index in [9.17, 15) is 9.59 Å². The van der Waals surface area contributed by atoms with Crippen molar-refractivity contribution in [2.45, 2.75) is 52.4 Å². The highest BCUT2D eigenvalue weighted by atomic mass is 16.5. The first kappa shape index (κ1) is 32.2. The molecule has 0 fully saturated rings. The van der Waals surface area contributed by atoms with Gasteiger partial charge in [0.05, 0.1) is 14.2 Å². The average Bonchev–Trinajstić information content (AvgIpc) is 3.05. The van der Waals surface area contributed by atoms with Crippen LogP contribution in [-0.2, 0) is 24.4 Å². The monoisotopic (exact) mass is 622 g/mol. The molecule has 0 aliphatic carbocycles. The molecule has 0 amide bonds. The maximum atomic E-state index is 14.1. The minimum Gasteiger partial charge on any atom is -0.496 e. The van der Waals surface area contributed by atoms with Crippen molar-refractivity contribution >= 4 is 17.8 Å². The molecule has 8 nitrogen and oxygen atoms in total. The molecule has 4 aromatic rings. The molecule has 0 radical (unpaired) electrons. The van der Waals surface area contributed by atoms with Crippen molar-refractivity contribution in [1.29, 1.82) is 0 Å². The van der Waals surface area contributed by atoms with Crippen LogP contribution in [0.1, 0.15) is 59.8 Å². The third-order valence-electron chi connectivity index (χ3n) is 7.56. The first-order valence-electron chi connectivity index (χ1n) is 15.1. The zero-order valence-corrected chi connectivity index (χ0v) is 26.8. The summed E-state index contributed by atoms with van der Waals surface area (Å²) in [5.41, 5.74) is 2.97. The van der Waals surface area contributed by atoms with E-state index in [4.69, 9.17) is 28.4 Å². The summed E-state index contributed by atoms with van der Waals surface area (Å²) >= 11 is 0. The Balaban J connectivity index is 1.52. The van der Waals surface area contributed by atoms with E-state index in [1.165, 1.54) is 13.0 Å². The molecular weight excluding hydrogens is 584 g/mol. The Morgan fingerprint density at radius 1 is 0.804 bits per heavy atom. The molecule has 0 bridgehead atoms. The number of fused-ring (bicyclic) bond motifs is 1. The number of carbonyl (C=O) groups is 2. The summed E-state index contributed by atoms with van der Waals surface area (Å²) in [5.74, 6) is 1.39. The standard InChI is InChI=1S/C38H38O8/c1-25(39)45-35-22-32-29(18-19-38(2,3)46-32)37(44-24-27-14-10-7-11-15-27)36(35)30(40)17-16-28-20-33(42-5)34(21-31(28)41-4)43-23-26-12-8-6-9-13-26/h6-17,20-22H,18-19,23-24H2,1-5H3/b17-16+. The normalized spacial score (nSPS) is 13.3. The molecule has 4 aromatic carbocycles. The van der Waals surface area contributed by atoms with Crippen molar-refractivity contribution in [3.8, 4) is 34.5 Å². The lowest BCUT2D eigenvalue weighted by Gasteiger charge is -2.34. The van der Waals surface area contributed by atoms with E-state index in [0.717, 1.165) is 16.7 Å². The van der Waals surface area contributed by atoms with Crippen LogP contribution in [0.4, 0.5) is 0 Å². The van der Waals surface area contributed by atoms with Gasteiger partial charge < -0.3 is 28.4 Å². The topological polar surface area (TPSA) is 89.5 Å². The number of ether oxygens (including phenoxy) is 6. The van der Waals surface area contributed by atoms with Crippen molar-refractivity contribution in [2.75, 3.05) is 14.2 Å². The fraction of sp³-hybridized carbons (Fsp3) is 0.263. The number of methoxy groups -OCH3 is 2. The second kappa shape index (κ2) is 14.2. The predicted octanol–water partition coefficient (Wildman–Crippen LogP) is 7.79. The molecule has 0 aromatic heterocycles. The van der Waals surface area contributed by atoms with Gasteiger partial charge in [-0.05, 0) is 56.0 Å². The van der Waals surface area contributed by atoms with E-state index in [2.05, 4.69) is 0 Å². The van der Waals surface area contributed by atoms with Crippen LogP contribution in [0.3, 0.4) is 0 Å². The summed E-state index contributed by atoms with van der Waals surface area (Å²) in [5, 5.41) is 0. The summed E-state index contributed by atoms with van der Waals surface area (Å²) < 4.78 is 35.5. The number of rotatable bonds is 12. The van der Waals surface area contributed by atoms with E-state index in [1.807, 2.05) is 74.5 Å². The van der Waals surface area contributed by atoms with Gasteiger partial charge in [-0.2, -0.15) is 0 Å². The molecule has 238 valence electrons. The molecule has 0 saturated carbocycles. The number of hydrogen-bond donors (Lipinski definition) is 0. The molecule has 46 heavy (non-hydrogen) atoms. The Bertz CT molecular complexity index is 1730. The summed E-state index contributed by atoms with van der Waals surface area (Å²) in [6.45, 7) is 5.83. The number of carbonyl (C=O) groups excluding carboxylic acids is 2. The van der Waals surface area contributed by atoms with E-state index >= 15 is 0 Å². The van der Waals surface area contributed by atoms with E-state index < -0.39 is 17.4 Å². The molecule has 0 unspecified atom stereocenters. The van der Waals surface area contributed by atoms with Gasteiger partial charge in [0, 0.05) is 30.2 Å². The van der Waals surface area contributed by atoms with Crippen LogP contribution in [0, 0.1) is 0 Å². The van der Waals surface area contributed by atoms with Crippen molar-refractivity contribution in [1.82, 2.24) is 0 Å². The van der Waals surface area contributed by atoms with Crippen molar-refractivity contribution in [2.24, 2.45) is 0 Å². The van der Waals surface area contributed by atoms with Crippen molar-refractivity contribution in [3.05, 3.63) is 113 Å². The van der Waals surface area contributed by atoms with E-state index in [-0.39, 0.29) is 17.9 Å². The number of allylic oxidation sites excluding steroid dienone is 1. The van der Waals surface area contributed by atoms with Gasteiger partial charge in [-0.15, -0.1) is 0 Å². The van der Waals surface area contributed by atoms with Crippen LogP contribution in [0.2, 0.25) is 0 Å². The quantitative estimate of drug-likeness (QED) is 0.0685. The second-order valence-electron chi connectivity index (χ2n) is 11.5. The van der Waals surface area contributed by atoms with Crippen LogP contribution in [0.5, 0.6) is 34.5 Å². The summed E-state index contributed by atoms with van der Waals surface area (Å²) in [6.07, 6.45) is 4.36. The maximum absolute atomic E-state index is 14.1. The molecule has 0 saturated heterocycles. The van der Waals surface area contributed by atoms with Gasteiger partial charge in [-0.25, -0.2) is 0 Å². The Hall–Kier alpha value is -5.24. The first-order chi connectivity index (χ1) is 22.2. The van der Waals surface area contributed by atoms with Crippen LogP contribution >= 0.6 is 0 Å². The highest BCUT2D eigenvalue weighted by Gasteiger charge is 2.33. The first-order valence-corrected chi connectivity index (χ1v) is 15.1. The molecular formula is C38H38O8. The number of esters is 1. The molecule has 8 heteroatoms. The van der Waals surface area contributed by atoms with Crippen LogP contribution < -0.4 is 28.4 Å². The van der Waals surface area contributed by atoms with Gasteiger partial charge in [-0.3, -0.25) is 9.59 Å². The molecule has 0 spiro atoms. The fourth-order valence-electron chi connectivity index (χ4n) is 5.23. The smallest absolute Gasteiger partial charge is 0.308 e. The second-order valence-corrected chi connectivity index (χ2v) is 11.5. The lowest BCUT2D eigenvalue weighted by Crippen LogP contribution is -2.33. The zero-order valence-electron chi connectivity index (χ0n) is 26.8. The van der Waals surface area contributed by atoms with Crippen LogP contribution in [-0.4, -0.2) is 31.6 Å². The third-order valence-corrected chi connectivity index (χ3v) is 7.56. The average molecular weight is 623 g/mol. The number of hydrogen-bond acceptors (Lipinski definition) is 8. The largest absolute Gasteiger partial charge is 0.496 e. The lowest BCUT2D eigenvalue weighted by molar-refractivity contribution is -0.131. The van der Waals surface area contributed by atoms with Gasteiger partial charge >= 0.3 is 5.97 Å². The molecule has 0 atom stereocenters. The van der Waals surface area contributed by atoms with Gasteiger partial charge in [0.25, 0.3) is 0 Å². The van der Waals surface area contributed by atoms with Gasteiger partial charge in [0.15, 0.2) is 17.3 Å². The molecule has 1 heterocycles. The predicted molar refractivity (Wildman–Crippen MR) is 175 cm³/mol. The Labute approximate surface area is 269 Å². The maximum Gasteiger partial charge on any atom is 0.308 e. The summed E-state index contributed by atoms with van der Waals surface area (Å²) in [6, 6.07) is 24.5. The third kappa shape index (κ3) is 7.69. The fourth-order valence-corrected chi connectivity index (χ4v) is 5.23. The minimum atomic E-state index is -0.570. The molecule has 1 aliphatic rings. The minimum absolute atomic E-state index is 0.0656. The van der Waals surface area contributed by atoms with Crippen LogP contribution in [0.25, 0.3) is 6.08 Å². The molecule has 0 N–H and O–H groups in total. The van der Waals surface area contributed by atoms with E-state index in [1.54, 1.807) is 38.5 Å². The van der Waals surface area contributed by atoms with Crippen molar-refractivity contribution < 1.29 is 38.0 Å². The molecule has 5 rings (SSSR count). The van der Waals surface area contributed by atoms with Gasteiger partial charge in [0.2, 0.25) is 0 Å². The number of ketones is 1. The Morgan fingerprint density at radius 3 is 2.04 bits per heavy atom. The number of benzene rings is 4. The zero-order chi connectivity index (χ0) is 32.7. The van der Waals surface area contributed by atoms with Crippen molar-refractivity contribution in [3.63, 3.8) is 0 Å². The lowest BCUT2D eigenvalue weighted by atomic mass is 9.91. The molecule has 1 aliphatic heterocycles. The van der Waals surface area contributed by atoms with Crippen LogP contribution in [0.15, 0.2) is 84.9 Å². The summed E-state index contributed by atoms with van der Waals surface area (Å²) in [4.78, 5) is 26.3. The Kier molecular flexibility index (Phi) is 9.96. The summed E-state index contributed by atoms with van der Waals surface area (Å²) in [7, 11) is 3.09. The Morgan fingerprint density at radius 2 is 1.43 bits per heavy atom. The van der Waals surface area contributed by atoms with Gasteiger partial charge in [0.1, 0.15) is 47.4 Å². The van der Waals surface area contributed by atoms with E-state index in [0.29, 0.717) is 53.8 Å². The van der Waals surface area contributed by atoms with Gasteiger partial charge in [-0.1, -0.05) is 60.7 Å². The highest BCUT2D eigenvalue weighted by molar-refractivity contribution is 6.11.